The summed E-state index contributed by atoms with van der Waals surface area (Å²) in [5, 5.41) is 13.3. The number of rotatable bonds is 6. The molecule has 1 atom stereocenters. The molecule has 14 heteroatoms. The number of aliphatic hydroxyl groups excluding tert-OH is 1. The molecule has 1 fully saturated rings. The van der Waals surface area contributed by atoms with Gasteiger partial charge in [-0.1, -0.05) is 11.6 Å². The standard InChI is InChI=1S/C28H25ClF3N5O4S/c1-37-8-6-15(7-9-37)34-28-33-12-18-20(35-28)4-2-16(25(18)31)24-19(30)3-5-21(26(24)32)36-42(39,40)23-11-14(29)10-17-22(38)13-41-27(17)23/h2-5,10-12,15,22,36,38H,6-9,13H2,1H3,(H,33,34,35). The highest BCUT2D eigenvalue weighted by atomic mass is 35.5. The van der Waals surface area contributed by atoms with E-state index in [9.17, 15) is 17.9 Å². The number of sulfonamides is 1. The molecule has 3 N–H and O–H groups in total. The number of fused-ring (bicyclic) bond motifs is 2. The minimum Gasteiger partial charge on any atom is -0.489 e. The Bertz CT molecular complexity index is 1820. The van der Waals surface area contributed by atoms with Crippen LogP contribution in [0, 0.1) is 17.5 Å². The van der Waals surface area contributed by atoms with Gasteiger partial charge in [0.15, 0.2) is 5.82 Å². The molecule has 0 amide bonds. The van der Waals surface area contributed by atoms with Gasteiger partial charge in [-0.3, -0.25) is 4.72 Å². The zero-order valence-electron chi connectivity index (χ0n) is 22.2. The molecule has 0 spiro atoms. The number of anilines is 2. The number of nitrogens with one attached hydrogen (secondary N) is 2. The lowest BCUT2D eigenvalue weighted by atomic mass is 10.0. The molecule has 1 aromatic heterocycles. The van der Waals surface area contributed by atoms with E-state index in [-0.39, 0.29) is 39.9 Å². The third-order valence-electron chi connectivity index (χ3n) is 7.44. The number of benzene rings is 3. The van der Waals surface area contributed by atoms with Crippen LogP contribution in [-0.2, 0) is 10.0 Å². The second kappa shape index (κ2) is 10.9. The van der Waals surface area contributed by atoms with Crippen LogP contribution in [0.15, 0.2) is 47.5 Å². The van der Waals surface area contributed by atoms with Crippen molar-refractivity contribution >= 4 is 44.2 Å². The van der Waals surface area contributed by atoms with Crippen molar-refractivity contribution in [2.24, 2.45) is 0 Å². The SMILES string of the molecule is CN1CCC(Nc2ncc3c(F)c(-c4c(F)ccc(NS(=O)(=O)c5cc(Cl)cc6c5OCC6O)c4F)ccc3n2)CC1. The second-order valence-electron chi connectivity index (χ2n) is 10.3. The number of halogens is 4. The highest BCUT2D eigenvalue weighted by molar-refractivity contribution is 7.92. The molecule has 3 heterocycles. The maximum absolute atomic E-state index is 15.7. The molecule has 0 saturated carbocycles. The minimum absolute atomic E-state index is 0.00379. The van der Waals surface area contributed by atoms with Gasteiger partial charge in [0.05, 0.1) is 22.2 Å². The van der Waals surface area contributed by atoms with E-state index >= 15 is 8.78 Å². The van der Waals surface area contributed by atoms with Gasteiger partial charge in [-0.2, -0.15) is 0 Å². The summed E-state index contributed by atoms with van der Waals surface area (Å²) in [6.45, 7) is 1.66. The van der Waals surface area contributed by atoms with Crippen LogP contribution in [0.2, 0.25) is 5.02 Å². The molecule has 2 aliphatic rings. The molecule has 4 aromatic rings. The van der Waals surface area contributed by atoms with Gasteiger partial charge in [-0.05, 0) is 69.4 Å². The lowest BCUT2D eigenvalue weighted by Crippen LogP contribution is -2.37. The van der Waals surface area contributed by atoms with Gasteiger partial charge >= 0.3 is 0 Å². The number of aliphatic hydroxyl groups is 1. The van der Waals surface area contributed by atoms with Crippen LogP contribution >= 0.6 is 11.6 Å². The Morgan fingerprint density at radius 2 is 1.86 bits per heavy atom. The van der Waals surface area contributed by atoms with Gasteiger partial charge < -0.3 is 20.1 Å². The normalized spacial score (nSPS) is 17.7. The van der Waals surface area contributed by atoms with E-state index in [4.69, 9.17) is 16.3 Å². The Kier molecular flexibility index (Phi) is 7.37. The van der Waals surface area contributed by atoms with E-state index in [1.54, 1.807) is 0 Å². The summed E-state index contributed by atoms with van der Waals surface area (Å²) in [6.07, 6.45) is 1.95. The molecule has 3 aromatic carbocycles. The molecule has 0 radical (unpaired) electrons. The third kappa shape index (κ3) is 5.21. The first-order chi connectivity index (χ1) is 20.0. The number of likely N-dealkylation sites (tertiary alicyclic amines) is 1. The smallest absolute Gasteiger partial charge is 0.265 e. The Balaban J connectivity index is 1.33. The number of ether oxygens (including phenoxy) is 1. The van der Waals surface area contributed by atoms with Gasteiger partial charge in [-0.25, -0.2) is 31.6 Å². The molecule has 2 aliphatic heterocycles. The Labute approximate surface area is 244 Å². The maximum Gasteiger partial charge on any atom is 0.265 e. The van der Waals surface area contributed by atoms with Crippen molar-refractivity contribution in [2.75, 3.05) is 36.8 Å². The summed E-state index contributed by atoms with van der Waals surface area (Å²) in [4.78, 5) is 10.4. The Morgan fingerprint density at radius 3 is 2.62 bits per heavy atom. The first-order valence-electron chi connectivity index (χ1n) is 13.1. The number of aromatic nitrogens is 2. The predicted octanol–water partition coefficient (Wildman–Crippen LogP) is 5.10. The third-order valence-corrected chi connectivity index (χ3v) is 9.03. The minimum atomic E-state index is -4.54. The number of nitrogens with zero attached hydrogens (tertiary/aromatic N) is 3. The lowest BCUT2D eigenvalue weighted by molar-refractivity contribution is 0.140. The first kappa shape index (κ1) is 28.5. The summed E-state index contributed by atoms with van der Waals surface area (Å²) < 4.78 is 80.3. The molecule has 1 unspecified atom stereocenters. The molecule has 220 valence electrons. The van der Waals surface area contributed by atoms with E-state index in [1.165, 1.54) is 24.4 Å². The molecular weight excluding hydrogens is 595 g/mol. The summed E-state index contributed by atoms with van der Waals surface area (Å²) in [6, 6.07) is 6.93. The van der Waals surface area contributed by atoms with Crippen molar-refractivity contribution in [1.82, 2.24) is 14.9 Å². The average Bonchev–Trinajstić information content (AvgIpc) is 3.32. The van der Waals surface area contributed by atoms with Gasteiger partial charge in [0.25, 0.3) is 10.0 Å². The first-order valence-corrected chi connectivity index (χ1v) is 14.9. The Hall–Kier alpha value is -3.65. The van der Waals surface area contributed by atoms with Crippen LogP contribution in [0.4, 0.5) is 24.8 Å². The van der Waals surface area contributed by atoms with E-state index in [0.29, 0.717) is 5.95 Å². The quantitative estimate of drug-likeness (QED) is 0.273. The largest absolute Gasteiger partial charge is 0.489 e. The van der Waals surface area contributed by atoms with E-state index in [2.05, 4.69) is 24.9 Å². The summed E-state index contributed by atoms with van der Waals surface area (Å²) >= 11 is 6.05. The summed E-state index contributed by atoms with van der Waals surface area (Å²) in [5.41, 5.74) is -1.45. The van der Waals surface area contributed by atoms with Crippen molar-refractivity contribution in [2.45, 2.75) is 29.9 Å². The molecule has 1 saturated heterocycles. The van der Waals surface area contributed by atoms with Crippen LogP contribution in [0.3, 0.4) is 0 Å². The summed E-state index contributed by atoms with van der Waals surface area (Å²) in [7, 11) is -2.49. The fraction of sp³-hybridized carbons (Fsp3) is 0.286. The van der Waals surface area contributed by atoms with Crippen molar-refractivity contribution in [3.05, 3.63) is 70.6 Å². The molecule has 42 heavy (non-hydrogen) atoms. The highest BCUT2D eigenvalue weighted by Crippen LogP contribution is 2.41. The Morgan fingerprint density at radius 1 is 1.10 bits per heavy atom. The zero-order valence-corrected chi connectivity index (χ0v) is 23.7. The maximum atomic E-state index is 15.7. The van der Waals surface area contributed by atoms with Crippen LogP contribution < -0.4 is 14.8 Å². The average molecular weight is 620 g/mol. The van der Waals surface area contributed by atoms with Crippen molar-refractivity contribution in [1.29, 1.82) is 0 Å². The topological polar surface area (TPSA) is 117 Å². The molecule has 6 rings (SSSR count). The number of piperidine rings is 1. The highest BCUT2D eigenvalue weighted by Gasteiger charge is 2.32. The second-order valence-corrected chi connectivity index (χ2v) is 12.4. The van der Waals surface area contributed by atoms with Crippen LogP contribution in [0.5, 0.6) is 5.75 Å². The van der Waals surface area contributed by atoms with E-state index in [1.807, 2.05) is 7.05 Å². The van der Waals surface area contributed by atoms with Gasteiger partial charge in [-0.15, -0.1) is 0 Å². The predicted molar refractivity (Wildman–Crippen MR) is 152 cm³/mol. The molecule has 0 aliphatic carbocycles. The fourth-order valence-electron chi connectivity index (χ4n) is 5.19. The van der Waals surface area contributed by atoms with Crippen LogP contribution in [0.1, 0.15) is 24.5 Å². The van der Waals surface area contributed by atoms with E-state index in [0.717, 1.165) is 44.1 Å². The summed E-state index contributed by atoms with van der Waals surface area (Å²) in [5.74, 6) is -3.22. The molecule has 0 bridgehead atoms. The number of hydrogen-bond donors (Lipinski definition) is 3. The van der Waals surface area contributed by atoms with Crippen molar-refractivity contribution in [3.8, 4) is 16.9 Å². The van der Waals surface area contributed by atoms with E-state index < -0.39 is 55.3 Å². The molecule has 9 nitrogen and oxygen atoms in total. The van der Waals surface area contributed by atoms with Crippen LogP contribution in [0.25, 0.3) is 22.0 Å². The van der Waals surface area contributed by atoms with Gasteiger partial charge in [0.1, 0.15) is 35.0 Å². The zero-order chi connectivity index (χ0) is 29.8. The van der Waals surface area contributed by atoms with Crippen LogP contribution in [-0.4, -0.2) is 61.2 Å². The van der Waals surface area contributed by atoms with Crippen molar-refractivity contribution < 1.29 is 31.4 Å². The van der Waals surface area contributed by atoms with Gasteiger partial charge in [0.2, 0.25) is 5.95 Å². The monoisotopic (exact) mass is 619 g/mol. The molecular formula is C28H25ClF3N5O4S. The fourth-order valence-corrected chi connectivity index (χ4v) is 6.74. The lowest BCUT2D eigenvalue weighted by Gasteiger charge is -2.29. The van der Waals surface area contributed by atoms with Crippen molar-refractivity contribution in [3.63, 3.8) is 0 Å². The number of hydrogen-bond acceptors (Lipinski definition) is 8. The van der Waals surface area contributed by atoms with Gasteiger partial charge in [0, 0.05) is 28.4 Å².